The van der Waals surface area contributed by atoms with Crippen molar-refractivity contribution in [2.45, 2.75) is 46.5 Å². The van der Waals surface area contributed by atoms with Gasteiger partial charge in [0.25, 0.3) is 5.78 Å². The number of nitrogens with one attached hydrogen (secondary N) is 1. The average molecular weight is 351 g/mol. The highest BCUT2D eigenvalue weighted by Crippen LogP contribution is 2.16. The minimum absolute atomic E-state index is 0.0569. The molecule has 6 heteroatoms. The normalized spacial score (nSPS) is 12.3. The van der Waals surface area contributed by atoms with Crippen LogP contribution in [0.2, 0.25) is 0 Å². The van der Waals surface area contributed by atoms with Crippen molar-refractivity contribution >= 4 is 11.7 Å². The lowest BCUT2D eigenvalue weighted by Gasteiger charge is -2.14. The van der Waals surface area contributed by atoms with Crippen LogP contribution in [0.25, 0.3) is 5.78 Å². The Bertz CT molecular complexity index is 917. The second kappa shape index (κ2) is 7.64. The van der Waals surface area contributed by atoms with Gasteiger partial charge < -0.3 is 5.32 Å². The van der Waals surface area contributed by atoms with Crippen molar-refractivity contribution in [3.8, 4) is 0 Å². The molecule has 1 N–H and O–H groups in total. The summed E-state index contributed by atoms with van der Waals surface area (Å²) in [6.45, 7) is 8.57. The molecular weight excluding hydrogens is 326 g/mol. The Morgan fingerprint density at radius 1 is 1.15 bits per heavy atom. The maximum Gasteiger partial charge on any atom is 0.252 e. The fourth-order valence-electron chi connectivity index (χ4n) is 3.16. The van der Waals surface area contributed by atoms with Gasteiger partial charge in [0.05, 0.1) is 0 Å². The molecule has 0 spiro atoms. The van der Waals surface area contributed by atoms with Crippen molar-refractivity contribution in [2.75, 3.05) is 6.54 Å². The summed E-state index contributed by atoms with van der Waals surface area (Å²) in [7, 11) is 0. The highest BCUT2D eigenvalue weighted by molar-refractivity contribution is 5.76. The van der Waals surface area contributed by atoms with Crippen molar-refractivity contribution in [1.29, 1.82) is 0 Å². The number of rotatable bonds is 6. The second-order valence-electron chi connectivity index (χ2n) is 6.75. The van der Waals surface area contributed by atoms with Crippen LogP contribution in [-0.2, 0) is 11.2 Å². The lowest BCUT2D eigenvalue weighted by atomic mass is 10.0. The monoisotopic (exact) mass is 351 g/mol. The fourth-order valence-corrected chi connectivity index (χ4v) is 3.16. The van der Waals surface area contributed by atoms with Gasteiger partial charge in [-0.15, -0.1) is 0 Å². The quantitative estimate of drug-likeness (QED) is 0.741. The van der Waals surface area contributed by atoms with Gasteiger partial charge in [-0.3, -0.25) is 4.79 Å². The van der Waals surface area contributed by atoms with E-state index >= 15 is 0 Å². The summed E-state index contributed by atoms with van der Waals surface area (Å²) in [6, 6.07) is 10.2. The Hall–Kier alpha value is -2.76. The second-order valence-corrected chi connectivity index (χ2v) is 6.75. The average Bonchev–Trinajstić information content (AvgIpc) is 3.00. The maximum absolute atomic E-state index is 12.3. The topological polar surface area (TPSA) is 72.2 Å². The van der Waals surface area contributed by atoms with Crippen LogP contribution in [0.5, 0.6) is 0 Å². The zero-order valence-corrected chi connectivity index (χ0v) is 15.8. The van der Waals surface area contributed by atoms with Crippen molar-refractivity contribution in [1.82, 2.24) is 24.9 Å². The summed E-state index contributed by atoms with van der Waals surface area (Å²) < 4.78 is 1.76. The molecule has 0 fully saturated rings. The molecule has 0 aliphatic carbocycles. The summed E-state index contributed by atoms with van der Waals surface area (Å²) in [5.74, 6) is 1.66. The highest BCUT2D eigenvalue weighted by atomic mass is 16.1. The van der Waals surface area contributed by atoms with E-state index in [-0.39, 0.29) is 5.91 Å². The molecule has 0 saturated carbocycles. The predicted octanol–water partition coefficient (Wildman–Crippen LogP) is 2.90. The van der Waals surface area contributed by atoms with Gasteiger partial charge in [0.2, 0.25) is 5.91 Å². The molecule has 0 bridgehead atoms. The first kappa shape index (κ1) is 18.0. The molecular formula is C20H25N5O. The van der Waals surface area contributed by atoms with Gasteiger partial charge in [-0.1, -0.05) is 37.3 Å². The first-order chi connectivity index (χ1) is 12.5. The Morgan fingerprint density at radius 3 is 2.62 bits per heavy atom. The van der Waals surface area contributed by atoms with Crippen molar-refractivity contribution in [3.63, 3.8) is 0 Å². The summed E-state index contributed by atoms with van der Waals surface area (Å²) in [5.41, 5.74) is 4.20. The number of benzene rings is 1. The number of amides is 1. The minimum atomic E-state index is 0.0569. The van der Waals surface area contributed by atoms with Gasteiger partial charge in [-0.05, 0) is 44.2 Å². The first-order valence-corrected chi connectivity index (χ1v) is 8.96. The molecule has 6 nitrogen and oxygen atoms in total. The lowest BCUT2D eigenvalue weighted by Crippen LogP contribution is -2.27. The highest BCUT2D eigenvalue weighted by Gasteiger charge is 2.14. The number of hydrogen-bond donors (Lipinski definition) is 1. The van der Waals surface area contributed by atoms with E-state index in [1.165, 1.54) is 5.56 Å². The third kappa shape index (κ3) is 3.90. The van der Waals surface area contributed by atoms with Crippen LogP contribution in [0.3, 0.4) is 0 Å². The fraction of sp³-hybridized carbons (Fsp3) is 0.400. The van der Waals surface area contributed by atoms with Crippen molar-refractivity contribution < 1.29 is 4.79 Å². The van der Waals surface area contributed by atoms with E-state index in [9.17, 15) is 4.79 Å². The van der Waals surface area contributed by atoms with Crippen LogP contribution in [0.1, 0.15) is 47.6 Å². The predicted molar refractivity (Wildman–Crippen MR) is 101 cm³/mol. The molecule has 0 aliphatic rings. The molecule has 136 valence electrons. The third-order valence-corrected chi connectivity index (χ3v) is 4.73. The molecule has 1 atom stereocenters. The Morgan fingerprint density at radius 2 is 1.88 bits per heavy atom. The van der Waals surface area contributed by atoms with Crippen LogP contribution in [0.4, 0.5) is 0 Å². The summed E-state index contributed by atoms with van der Waals surface area (Å²) in [6.07, 6.45) is 1.08. The molecule has 2 heterocycles. The SMILES string of the molecule is Cc1nc2nc(C)c(CCC(=O)NCC(C)c3ccccc3)c(C)n2n1. The summed E-state index contributed by atoms with van der Waals surface area (Å²) in [5, 5.41) is 7.41. The number of hydrogen-bond acceptors (Lipinski definition) is 4. The van der Waals surface area contributed by atoms with Gasteiger partial charge in [0.15, 0.2) is 0 Å². The standard InChI is InChI=1S/C20H25N5O/c1-13(17-8-6-5-7-9-17)12-21-19(26)11-10-18-14(2)22-20-23-16(4)24-25(20)15(18)3/h5-9,13H,10-12H2,1-4H3,(H,21,26). The number of carbonyl (C=O) groups is 1. The van der Waals surface area contributed by atoms with E-state index in [4.69, 9.17) is 0 Å². The Kier molecular flexibility index (Phi) is 5.30. The molecule has 0 saturated heterocycles. The molecule has 26 heavy (non-hydrogen) atoms. The lowest BCUT2D eigenvalue weighted by molar-refractivity contribution is -0.121. The molecule has 1 unspecified atom stereocenters. The van der Waals surface area contributed by atoms with E-state index in [1.807, 2.05) is 39.0 Å². The maximum atomic E-state index is 12.3. The molecule has 3 aromatic rings. The van der Waals surface area contributed by atoms with Gasteiger partial charge in [0.1, 0.15) is 5.82 Å². The van der Waals surface area contributed by atoms with Crippen LogP contribution in [0, 0.1) is 20.8 Å². The van der Waals surface area contributed by atoms with E-state index in [2.05, 4.69) is 39.4 Å². The molecule has 0 aliphatic heterocycles. The van der Waals surface area contributed by atoms with E-state index in [0.29, 0.717) is 36.9 Å². The van der Waals surface area contributed by atoms with Crippen molar-refractivity contribution in [2.24, 2.45) is 0 Å². The molecule has 3 rings (SSSR count). The van der Waals surface area contributed by atoms with E-state index < -0.39 is 0 Å². The van der Waals surface area contributed by atoms with Crippen LogP contribution in [-0.4, -0.2) is 32.0 Å². The van der Waals surface area contributed by atoms with Crippen LogP contribution >= 0.6 is 0 Å². The number of nitrogens with zero attached hydrogens (tertiary/aromatic N) is 4. The molecule has 0 radical (unpaired) electrons. The zero-order chi connectivity index (χ0) is 18.7. The number of aromatic nitrogens is 4. The number of carbonyl (C=O) groups excluding carboxylic acids is 1. The van der Waals surface area contributed by atoms with Crippen LogP contribution in [0.15, 0.2) is 30.3 Å². The largest absolute Gasteiger partial charge is 0.355 e. The van der Waals surface area contributed by atoms with Gasteiger partial charge >= 0.3 is 0 Å². The number of aryl methyl sites for hydroxylation is 3. The van der Waals surface area contributed by atoms with Gasteiger partial charge in [-0.25, -0.2) is 9.50 Å². The Balaban J connectivity index is 1.60. The summed E-state index contributed by atoms with van der Waals surface area (Å²) in [4.78, 5) is 21.1. The number of fused-ring (bicyclic) bond motifs is 1. The minimum Gasteiger partial charge on any atom is -0.355 e. The van der Waals surface area contributed by atoms with Crippen LogP contribution < -0.4 is 5.32 Å². The summed E-state index contributed by atoms with van der Waals surface area (Å²) >= 11 is 0. The van der Waals surface area contributed by atoms with Crippen molar-refractivity contribution in [3.05, 3.63) is 58.7 Å². The smallest absolute Gasteiger partial charge is 0.252 e. The first-order valence-electron chi connectivity index (χ1n) is 8.96. The molecule has 1 amide bonds. The van der Waals surface area contributed by atoms with E-state index in [0.717, 1.165) is 17.0 Å². The zero-order valence-electron chi connectivity index (χ0n) is 15.8. The Labute approximate surface area is 153 Å². The molecule has 1 aromatic carbocycles. The van der Waals surface area contributed by atoms with E-state index in [1.54, 1.807) is 4.52 Å². The molecule has 2 aromatic heterocycles. The van der Waals surface area contributed by atoms with Gasteiger partial charge in [0, 0.05) is 24.4 Å². The third-order valence-electron chi connectivity index (χ3n) is 4.73. The van der Waals surface area contributed by atoms with Gasteiger partial charge in [-0.2, -0.15) is 10.1 Å².